The molecule has 21 heavy (non-hydrogen) atoms. The van der Waals surface area contributed by atoms with E-state index in [-0.39, 0.29) is 41.1 Å². The molecule has 0 aliphatic rings. The van der Waals surface area contributed by atoms with Crippen LogP contribution in [0.3, 0.4) is 0 Å². The summed E-state index contributed by atoms with van der Waals surface area (Å²) in [7, 11) is 0. The van der Waals surface area contributed by atoms with E-state index in [2.05, 4.69) is 68.4 Å². The van der Waals surface area contributed by atoms with Gasteiger partial charge in [-0.3, -0.25) is 0 Å². The number of hydrogen-bond acceptors (Lipinski definition) is 0. The minimum atomic E-state index is 0. The van der Waals surface area contributed by atoms with Crippen LogP contribution >= 0.6 is 0 Å². The van der Waals surface area contributed by atoms with Crippen molar-refractivity contribution in [3.8, 4) is 11.1 Å². The van der Waals surface area contributed by atoms with Crippen molar-refractivity contribution in [3.63, 3.8) is 0 Å². The van der Waals surface area contributed by atoms with Gasteiger partial charge in [-0.1, -0.05) is 49.7 Å². The summed E-state index contributed by atoms with van der Waals surface area (Å²) in [5.41, 5.74) is 5.37. The molecular formula is C20H23Zr. The predicted octanol–water partition coefficient (Wildman–Crippen LogP) is 5.99. The van der Waals surface area contributed by atoms with Gasteiger partial charge < -0.3 is 14.9 Å². The van der Waals surface area contributed by atoms with Crippen LogP contribution in [0.4, 0.5) is 0 Å². The molecule has 3 aromatic rings. The molecule has 0 atom stereocenters. The maximum atomic E-state index is 2.28. The van der Waals surface area contributed by atoms with Gasteiger partial charge in [0.2, 0.25) is 0 Å². The Morgan fingerprint density at radius 3 is 2.24 bits per heavy atom. The van der Waals surface area contributed by atoms with Crippen LogP contribution in [-0.2, 0) is 32.6 Å². The van der Waals surface area contributed by atoms with Crippen LogP contribution < -0.4 is 0 Å². The summed E-state index contributed by atoms with van der Waals surface area (Å²) >= 11 is 0. The van der Waals surface area contributed by atoms with Crippen molar-refractivity contribution < 1.29 is 26.2 Å². The third kappa shape index (κ3) is 3.98. The summed E-state index contributed by atoms with van der Waals surface area (Å²) in [6, 6.07) is 20.0. The molecule has 0 fully saturated rings. The van der Waals surface area contributed by atoms with Crippen molar-refractivity contribution >= 4 is 10.8 Å². The summed E-state index contributed by atoms with van der Waals surface area (Å²) in [5, 5.41) is 2.70. The van der Waals surface area contributed by atoms with Gasteiger partial charge in [-0.2, -0.15) is 6.07 Å². The molecular weight excluding hydrogens is 331 g/mol. The molecule has 0 nitrogen and oxygen atoms in total. The van der Waals surface area contributed by atoms with Gasteiger partial charge >= 0.3 is 26.2 Å². The smallest absolute Gasteiger partial charge is 0.358 e. The van der Waals surface area contributed by atoms with Crippen molar-refractivity contribution in [1.29, 1.82) is 0 Å². The monoisotopic (exact) mass is 353 g/mol. The second kappa shape index (κ2) is 8.39. The fourth-order valence-electron chi connectivity index (χ4n) is 2.56. The Balaban J connectivity index is 0.00000133. The molecule has 3 aromatic carbocycles. The van der Waals surface area contributed by atoms with E-state index in [9.17, 15) is 0 Å². The molecule has 0 N–H and O–H groups in total. The maximum Gasteiger partial charge on any atom is 3.00 e. The number of benzene rings is 2. The van der Waals surface area contributed by atoms with Crippen molar-refractivity contribution in [2.24, 2.45) is 0 Å². The molecule has 0 amide bonds. The van der Waals surface area contributed by atoms with E-state index in [1.54, 1.807) is 0 Å². The van der Waals surface area contributed by atoms with Crippen LogP contribution in [0, 0.1) is 21.8 Å². The molecule has 0 aliphatic carbocycles. The second-order valence-electron chi connectivity index (χ2n) is 4.89. The number of aryl methyl sites for hydroxylation is 2. The molecule has 0 saturated heterocycles. The van der Waals surface area contributed by atoms with E-state index >= 15 is 0 Å². The van der Waals surface area contributed by atoms with Crippen LogP contribution in [0.5, 0.6) is 0 Å². The Morgan fingerprint density at radius 2 is 1.62 bits per heavy atom. The summed E-state index contributed by atoms with van der Waals surface area (Å²) in [6.45, 7) is 4.35. The van der Waals surface area contributed by atoms with E-state index in [1.807, 2.05) is 0 Å². The molecule has 3 rings (SSSR count). The van der Waals surface area contributed by atoms with Gasteiger partial charge in [-0.05, 0) is 17.5 Å². The number of hydrogen-bond donors (Lipinski definition) is 0. The van der Waals surface area contributed by atoms with E-state index in [0.717, 1.165) is 6.42 Å². The summed E-state index contributed by atoms with van der Waals surface area (Å²) < 4.78 is 0. The topological polar surface area (TPSA) is 0 Å². The average molecular weight is 355 g/mol. The normalized spacial score (nSPS) is 9.43. The average Bonchev–Trinajstić information content (AvgIpc) is 2.79. The molecule has 107 valence electrons. The second-order valence-corrected chi connectivity index (χ2v) is 4.89. The van der Waals surface area contributed by atoms with Gasteiger partial charge in [0.1, 0.15) is 0 Å². The summed E-state index contributed by atoms with van der Waals surface area (Å²) in [5.74, 6) is 0. The molecule has 0 saturated carbocycles. The van der Waals surface area contributed by atoms with Gasteiger partial charge in [0, 0.05) is 0 Å². The molecule has 0 bridgehead atoms. The Morgan fingerprint density at radius 1 is 0.952 bits per heavy atom. The first-order valence-corrected chi connectivity index (χ1v) is 6.53. The quantitative estimate of drug-likeness (QED) is 0.495. The molecule has 0 unspecified atom stereocenters. The van der Waals surface area contributed by atoms with Gasteiger partial charge in [-0.25, -0.2) is 0 Å². The zero-order chi connectivity index (χ0) is 12.5. The molecule has 1 heteroatoms. The molecule has 1 radical (unpaired) electrons. The van der Waals surface area contributed by atoms with Gasteiger partial charge in [0.25, 0.3) is 0 Å². The maximum absolute atomic E-state index is 2.28. The molecule has 0 aliphatic heterocycles. The molecule has 0 heterocycles. The van der Waals surface area contributed by atoms with Crippen molar-refractivity contribution in [2.75, 3.05) is 0 Å². The van der Waals surface area contributed by atoms with E-state index in [1.165, 1.54) is 33.0 Å². The molecule has 0 spiro atoms. The minimum Gasteiger partial charge on any atom is -0.358 e. The van der Waals surface area contributed by atoms with Gasteiger partial charge in [0.05, 0.1) is 0 Å². The zero-order valence-corrected chi connectivity index (χ0v) is 15.9. The van der Waals surface area contributed by atoms with E-state index in [0.29, 0.717) is 0 Å². The summed E-state index contributed by atoms with van der Waals surface area (Å²) in [6.07, 6.45) is 1.10. The number of rotatable bonds is 2. The Bertz CT molecular complexity index is 675. The van der Waals surface area contributed by atoms with Crippen LogP contribution in [-0.4, -0.2) is 0 Å². The fourth-order valence-corrected chi connectivity index (χ4v) is 2.56. The van der Waals surface area contributed by atoms with Crippen LogP contribution in [0.1, 0.15) is 18.1 Å². The minimum absolute atomic E-state index is 0. The van der Waals surface area contributed by atoms with E-state index in [4.69, 9.17) is 0 Å². The van der Waals surface area contributed by atoms with E-state index < -0.39 is 0 Å². The van der Waals surface area contributed by atoms with Crippen LogP contribution in [0.15, 0.2) is 54.6 Å². The zero-order valence-electron chi connectivity index (χ0n) is 13.4. The van der Waals surface area contributed by atoms with Gasteiger partial charge in [-0.15, -0.1) is 34.5 Å². The van der Waals surface area contributed by atoms with Crippen LogP contribution in [0.2, 0.25) is 0 Å². The van der Waals surface area contributed by atoms with Gasteiger partial charge in [0.15, 0.2) is 0 Å². The molecule has 0 aromatic heterocycles. The Kier molecular flexibility index (Phi) is 7.97. The van der Waals surface area contributed by atoms with Crippen LogP contribution in [0.25, 0.3) is 21.9 Å². The Hall–Kier alpha value is -1.07. The largest absolute Gasteiger partial charge is 3.00 e. The van der Waals surface area contributed by atoms with Crippen molar-refractivity contribution in [2.45, 2.75) is 20.3 Å². The van der Waals surface area contributed by atoms with Crippen molar-refractivity contribution in [1.82, 2.24) is 0 Å². The van der Waals surface area contributed by atoms with Crippen molar-refractivity contribution in [3.05, 3.63) is 80.6 Å². The third-order valence-electron chi connectivity index (χ3n) is 3.57. The first kappa shape index (κ1) is 19.9. The first-order chi connectivity index (χ1) is 8.78. The fraction of sp³-hybridized carbons (Fsp3) is 0.150. The third-order valence-corrected chi connectivity index (χ3v) is 3.57. The SMILES string of the molecule is CCc1ccc(-c2cccc3[cH-]c(C)cc23)cc1.[CH3-].[CH3-].[Zr+3]. The standard InChI is InChI=1S/C18H17.2CH3.Zr/c1-3-14-7-9-15(10-8-14)17-6-4-5-16-11-13(2)12-18(16)17;;;/h4-12H,3H2,1-2H3;2*1H3;/q3*-1;+3. The summed E-state index contributed by atoms with van der Waals surface area (Å²) in [4.78, 5) is 0. The number of fused-ring (bicyclic) bond motifs is 1. The Labute approximate surface area is 148 Å². The predicted molar refractivity (Wildman–Crippen MR) is 91.9 cm³/mol. The first-order valence-electron chi connectivity index (χ1n) is 6.53.